The molecule has 1 aromatic rings. The largest absolute Gasteiger partial charge is 0.461 e. The number of benzene rings is 1. The van der Waals surface area contributed by atoms with Crippen LogP contribution in [0.15, 0.2) is 36.9 Å². The molecule has 2 heterocycles. The van der Waals surface area contributed by atoms with E-state index >= 15 is 0 Å². The second kappa shape index (κ2) is 18.8. The Bertz CT molecular complexity index is 1380. The average molecular weight is 700 g/mol. The number of nitrogens with one attached hydrogen (secondary N) is 1. The summed E-state index contributed by atoms with van der Waals surface area (Å²) >= 11 is 0. The normalized spacial score (nSPS) is 17.6. The summed E-state index contributed by atoms with van der Waals surface area (Å²) in [5.74, 6) is -3.76. The standard InChI is InChI=1S/C37H53N3O10/c1-7-31(42)48-25-37(5,6)33(44)34(45)40-19-9-8-14-28(40)35(46)49-29(15-11-18-39-20-22-47-23-21-39)26-12-10-13-27(24-26)38-30(41)16-17-32(43)50-36(2,3)4/h7,10,12-13,24,28-29H,1,8-9,11,14-23,25H2,2-6H3,(H,38,41)/t28?,29-/m1/s1. The maximum Gasteiger partial charge on any atom is 0.330 e. The Hall–Kier alpha value is -4.10. The highest BCUT2D eigenvalue weighted by Gasteiger charge is 2.42. The van der Waals surface area contributed by atoms with E-state index in [2.05, 4.69) is 16.8 Å². The second-order valence-electron chi connectivity index (χ2n) is 14.3. The van der Waals surface area contributed by atoms with Crippen LogP contribution in [-0.2, 0) is 47.7 Å². The van der Waals surface area contributed by atoms with E-state index in [1.54, 1.807) is 39.0 Å². The van der Waals surface area contributed by atoms with Gasteiger partial charge in [0.25, 0.3) is 5.91 Å². The number of piperidine rings is 1. The van der Waals surface area contributed by atoms with Gasteiger partial charge in [0, 0.05) is 37.8 Å². The van der Waals surface area contributed by atoms with E-state index in [0.29, 0.717) is 56.6 Å². The van der Waals surface area contributed by atoms with Crippen molar-refractivity contribution in [2.24, 2.45) is 5.41 Å². The number of anilines is 1. The Morgan fingerprint density at radius 3 is 2.42 bits per heavy atom. The minimum Gasteiger partial charge on any atom is -0.461 e. The number of carbonyl (C=O) groups is 6. The van der Waals surface area contributed by atoms with Crippen molar-refractivity contribution >= 4 is 41.2 Å². The Labute approximate surface area is 295 Å². The van der Waals surface area contributed by atoms with Crippen molar-refractivity contribution in [3.63, 3.8) is 0 Å². The molecule has 0 aliphatic carbocycles. The minimum absolute atomic E-state index is 0.0607. The van der Waals surface area contributed by atoms with Gasteiger partial charge in [-0.05, 0) is 91.0 Å². The molecule has 276 valence electrons. The Morgan fingerprint density at radius 1 is 1.02 bits per heavy atom. The summed E-state index contributed by atoms with van der Waals surface area (Å²) in [4.78, 5) is 80.6. The predicted molar refractivity (Wildman–Crippen MR) is 185 cm³/mol. The van der Waals surface area contributed by atoms with Crippen molar-refractivity contribution < 1.29 is 47.7 Å². The third-order valence-electron chi connectivity index (χ3n) is 8.41. The van der Waals surface area contributed by atoms with Crippen LogP contribution in [0.3, 0.4) is 0 Å². The number of carbonyl (C=O) groups excluding carboxylic acids is 6. The van der Waals surface area contributed by atoms with Gasteiger partial charge in [0.2, 0.25) is 11.7 Å². The van der Waals surface area contributed by atoms with Gasteiger partial charge in [-0.25, -0.2) is 9.59 Å². The van der Waals surface area contributed by atoms with Gasteiger partial charge in [-0.1, -0.05) is 18.7 Å². The number of amides is 2. The number of likely N-dealkylation sites (tertiary alicyclic amines) is 1. The van der Waals surface area contributed by atoms with Crippen LogP contribution in [0.2, 0.25) is 0 Å². The quantitative estimate of drug-likeness (QED) is 0.114. The van der Waals surface area contributed by atoms with E-state index in [1.807, 2.05) is 6.07 Å². The van der Waals surface area contributed by atoms with Gasteiger partial charge >= 0.3 is 17.9 Å². The molecule has 2 aliphatic rings. The van der Waals surface area contributed by atoms with Crippen molar-refractivity contribution in [1.82, 2.24) is 9.80 Å². The fourth-order valence-corrected chi connectivity index (χ4v) is 5.70. The van der Waals surface area contributed by atoms with Crippen LogP contribution in [0.25, 0.3) is 0 Å². The summed E-state index contributed by atoms with van der Waals surface area (Å²) < 4.78 is 21.9. The number of hydrogen-bond acceptors (Lipinski definition) is 11. The Morgan fingerprint density at radius 2 is 1.74 bits per heavy atom. The molecule has 0 spiro atoms. The predicted octanol–water partition coefficient (Wildman–Crippen LogP) is 4.15. The van der Waals surface area contributed by atoms with E-state index < -0.39 is 52.8 Å². The van der Waals surface area contributed by atoms with Gasteiger partial charge < -0.3 is 29.2 Å². The fourth-order valence-electron chi connectivity index (χ4n) is 5.70. The smallest absolute Gasteiger partial charge is 0.330 e. The van der Waals surface area contributed by atoms with Crippen molar-refractivity contribution in [3.8, 4) is 0 Å². The zero-order chi connectivity index (χ0) is 36.9. The van der Waals surface area contributed by atoms with Crippen molar-refractivity contribution in [2.75, 3.05) is 51.3 Å². The van der Waals surface area contributed by atoms with E-state index in [0.717, 1.165) is 25.7 Å². The fraction of sp³-hybridized carbons (Fsp3) is 0.622. The molecule has 1 unspecified atom stereocenters. The molecule has 13 nitrogen and oxygen atoms in total. The lowest BCUT2D eigenvalue weighted by molar-refractivity contribution is -0.165. The number of esters is 3. The van der Waals surface area contributed by atoms with Crippen LogP contribution in [0.4, 0.5) is 5.69 Å². The van der Waals surface area contributed by atoms with Crippen LogP contribution in [0.5, 0.6) is 0 Å². The molecule has 0 bridgehead atoms. The minimum atomic E-state index is -1.32. The lowest BCUT2D eigenvalue weighted by Crippen LogP contribution is -2.53. The molecule has 2 atom stereocenters. The second-order valence-corrected chi connectivity index (χ2v) is 14.3. The highest BCUT2D eigenvalue weighted by molar-refractivity contribution is 6.38. The SMILES string of the molecule is C=CC(=O)OCC(C)(C)C(=O)C(=O)N1CCCCC1C(=O)O[C@H](CCCN1CCOCC1)c1cccc(NC(=O)CCC(=O)OC(C)(C)C)c1. The van der Waals surface area contributed by atoms with E-state index in [9.17, 15) is 28.8 Å². The molecular weight excluding hydrogens is 646 g/mol. The molecule has 2 saturated heterocycles. The lowest BCUT2D eigenvalue weighted by Gasteiger charge is -2.36. The number of ether oxygens (including phenoxy) is 4. The monoisotopic (exact) mass is 699 g/mol. The van der Waals surface area contributed by atoms with Crippen LogP contribution in [0.1, 0.15) is 91.2 Å². The molecule has 1 aromatic carbocycles. The molecule has 50 heavy (non-hydrogen) atoms. The Balaban J connectivity index is 1.75. The molecule has 0 aromatic heterocycles. The topological polar surface area (TPSA) is 158 Å². The van der Waals surface area contributed by atoms with Crippen molar-refractivity contribution in [2.45, 2.75) is 97.3 Å². The summed E-state index contributed by atoms with van der Waals surface area (Å²) in [6.07, 6.45) is 2.94. The molecule has 0 radical (unpaired) electrons. The van der Waals surface area contributed by atoms with Gasteiger partial charge in [0.15, 0.2) is 0 Å². The number of Topliss-reactive ketones (excluding diaryl/α,β-unsaturated/α-hetero) is 1. The highest BCUT2D eigenvalue weighted by atomic mass is 16.6. The lowest BCUT2D eigenvalue weighted by atomic mass is 9.87. The van der Waals surface area contributed by atoms with Gasteiger partial charge in [-0.3, -0.25) is 24.1 Å². The molecule has 0 saturated carbocycles. The summed E-state index contributed by atoms with van der Waals surface area (Å²) in [6.45, 7) is 15.2. The van der Waals surface area contributed by atoms with Gasteiger partial charge in [0.1, 0.15) is 24.4 Å². The third kappa shape index (κ3) is 13.0. The maximum absolute atomic E-state index is 13.9. The molecular formula is C37H53N3O10. The van der Waals surface area contributed by atoms with Crippen LogP contribution in [-0.4, -0.2) is 103 Å². The molecule has 2 amide bonds. The first-order chi connectivity index (χ1) is 23.6. The first-order valence-corrected chi connectivity index (χ1v) is 17.4. The zero-order valence-electron chi connectivity index (χ0n) is 30.1. The molecule has 13 heteroatoms. The average Bonchev–Trinajstić information content (AvgIpc) is 3.08. The summed E-state index contributed by atoms with van der Waals surface area (Å²) in [6, 6.07) is 6.03. The molecule has 2 fully saturated rings. The Kier molecular flexibility index (Phi) is 15.1. The first kappa shape index (κ1) is 40.3. The van der Waals surface area contributed by atoms with E-state index in [1.165, 1.54) is 18.7 Å². The van der Waals surface area contributed by atoms with Crippen LogP contribution in [0, 0.1) is 5.41 Å². The molecule has 3 rings (SSSR count). The number of morpholine rings is 1. The molecule has 1 N–H and O–H groups in total. The van der Waals surface area contributed by atoms with Gasteiger partial charge in [0.05, 0.1) is 25.0 Å². The molecule has 2 aliphatic heterocycles. The summed E-state index contributed by atoms with van der Waals surface area (Å²) in [5, 5.41) is 2.81. The van der Waals surface area contributed by atoms with Crippen LogP contribution < -0.4 is 5.32 Å². The number of hydrogen-bond donors (Lipinski definition) is 1. The third-order valence-corrected chi connectivity index (χ3v) is 8.41. The van der Waals surface area contributed by atoms with Crippen molar-refractivity contribution in [1.29, 1.82) is 0 Å². The zero-order valence-corrected chi connectivity index (χ0v) is 30.1. The summed E-state index contributed by atoms with van der Waals surface area (Å²) in [7, 11) is 0. The van der Waals surface area contributed by atoms with Gasteiger partial charge in [-0.2, -0.15) is 0 Å². The first-order valence-electron chi connectivity index (χ1n) is 17.4. The van der Waals surface area contributed by atoms with E-state index in [-0.39, 0.29) is 31.9 Å². The maximum atomic E-state index is 13.9. The van der Waals surface area contributed by atoms with Crippen LogP contribution >= 0.6 is 0 Å². The number of ketones is 1. The highest BCUT2D eigenvalue weighted by Crippen LogP contribution is 2.30. The number of rotatable bonds is 16. The van der Waals surface area contributed by atoms with E-state index in [4.69, 9.17) is 18.9 Å². The summed E-state index contributed by atoms with van der Waals surface area (Å²) in [5.41, 5.74) is -0.835. The van der Waals surface area contributed by atoms with Crippen molar-refractivity contribution in [3.05, 3.63) is 42.5 Å². The van der Waals surface area contributed by atoms with Gasteiger partial charge in [-0.15, -0.1) is 0 Å². The number of nitrogens with zero attached hydrogens (tertiary/aromatic N) is 2.